The Morgan fingerprint density at radius 3 is 2.41 bits per heavy atom. The molecule has 2 N–H and O–H groups in total. The van der Waals surface area contributed by atoms with Gasteiger partial charge in [0.15, 0.2) is 0 Å². The van der Waals surface area contributed by atoms with Crippen LogP contribution in [0, 0.1) is 0 Å². The molecule has 0 aliphatic heterocycles. The molecule has 22 heavy (non-hydrogen) atoms. The summed E-state index contributed by atoms with van der Waals surface area (Å²) in [4.78, 5) is 11.9. The molecule has 0 atom stereocenters. The molecule has 0 unspecified atom stereocenters. The normalized spacial score (nSPS) is 10.9. The maximum absolute atomic E-state index is 11.9. The maximum Gasteiger partial charge on any atom is 0.272 e. The largest absolute Gasteiger partial charge is 0.506 e. The Labute approximate surface area is 146 Å². The van der Waals surface area contributed by atoms with Crippen molar-refractivity contribution >= 4 is 58.5 Å². The summed E-state index contributed by atoms with van der Waals surface area (Å²) in [7, 11) is 0. The molecule has 0 saturated carbocycles. The number of hydrazone groups is 1. The lowest BCUT2D eigenvalue weighted by Gasteiger charge is -2.04. The number of nitrogens with zero attached hydrogens (tertiary/aromatic N) is 1. The van der Waals surface area contributed by atoms with E-state index in [1.165, 1.54) is 36.5 Å². The van der Waals surface area contributed by atoms with Crippen LogP contribution in [0.15, 0.2) is 35.4 Å². The van der Waals surface area contributed by atoms with Crippen molar-refractivity contribution in [2.24, 2.45) is 5.10 Å². The van der Waals surface area contributed by atoms with E-state index < -0.39 is 5.91 Å². The molecule has 0 bridgehead atoms. The zero-order chi connectivity index (χ0) is 16.3. The van der Waals surface area contributed by atoms with Crippen molar-refractivity contribution in [3.05, 3.63) is 61.5 Å². The minimum absolute atomic E-state index is 0.0843. The number of phenols is 1. The Bertz CT molecular complexity index is 763. The van der Waals surface area contributed by atoms with Gasteiger partial charge in [0.05, 0.1) is 21.8 Å². The molecule has 0 heterocycles. The Morgan fingerprint density at radius 2 is 1.73 bits per heavy atom. The number of carbonyl (C=O) groups is 1. The second-order valence-corrected chi connectivity index (χ2v) is 5.84. The minimum Gasteiger partial charge on any atom is -0.506 e. The highest BCUT2D eigenvalue weighted by atomic mass is 35.5. The molecule has 0 aliphatic carbocycles. The van der Waals surface area contributed by atoms with E-state index in [2.05, 4.69) is 10.5 Å². The van der Waals surface area contributed by atoms with Crippen LogP contribution in [-0.4, -0.2) is 17.2 Å². The van der Waals surface area contributed by atoms with Crippen LogP contribution in [0.2, 0.25) is 20.1 Å². The molecule has 4 nitrogen and oxygen atoms in total. The van der Waals surface area contributed by atoms with Crippen molar-refractivity contribution in [2.45, 2.75) is 0 Å². The minimum atomic E-state index is -0.523. The van der Waals surface area contributed by atoms with Crippen LogP contribution in [-0.2, 0) is 0 Å². The summed E-state index contributed by atoms with van der Waals surface area (Å²) in [6, 6.07) is 7.30. The van der Waals surface area contributed by atoms with Crippen molar-refractivity contribution in [2.75, 3.05) is 0 Å². The Morgan fingerprint density at radius 1 is 1.05 bits per heavy atom. The summed E-state index contributed by atoms with van der Waals surface area (Å²) in [5.41, 5.74) is 2.76. The van der Waals surface area contributed by atoms with Gasteiger partial charge in [-0.25, -0.2) is 5.43 Å². The SMILES string of the molecule is O=C(N/N=C/c1cc(Cl)cc(Cl)c1O)c1ccc(Cl)cc1Cl. The predicted molar refractivity (Wildman–Crippen MR) is 89.6 cm³/mol. The van der Waals surface area contributed by atoms with Crippen LogP contribution < -0.4 is 5.43 Å². The standard InChI is InChI=1S/C14H8Cl4N2O2/c15-8-1-2-10(11(17)4-8)14(22)20-19-6-7-3-9(16)5-12(18)13(7)21/h1-6,21H,(H,20,22)/b19-6+. The molecule has 0 aliphatic rings. The molecular formula is C14H8Cl4N2O2. The lowest BCUT2D eigenvalue weighted by molar-refractivity contribution is 0.0955. The monoisotopic (exact) mass is 376 g/mol. The zero-order valence-corrected chi connectivity index (χ0v) is 13.8. The van der Waals surface area contributed by atoms with E-state index >= 15 is 0 Å². The number of nitrogens with one attached hydrogen (secondary N) is 1. The van der Waals surface area contributed by atoms with E-state index in [0.29, 0.717) is 10.0 Å². The molecular weight excluding hydrogens is 370 g/mol. The maximum atomic E-state index is 11.9. The summed E-state index contributed by atoms with van der Waals surface area (Å²) >= 11 is 23.3. The number of carbonyl (C=O) groups excluding carboxylic acids is 1. The Hall–Kier alpha value is -1.46. The third-order valence-electron chi connectivity index (χ3n) is 2.60. The van der Waals surface area contributed by atoms with Crippen LogP contribution in [0.5, 0.6) is 5.75 Å². The van der Waals surface area contributed by atoms with Gasteiger partial charge >= 0.3 is 0 Å². The summed E-state index contributed by atoms with van der Waals surface area (Å²) in [6.07, 6.45) is 1.22. The topological polar surface area (TPSA) is 61.7 Å². The van der Waals surface area contributed by atoms with Gasteiger partial charge in [-0.2, -0.15) is 5.10 Å². The van der Waals surface area contributed by atoms with Crippen molar-refractivity contribution in [1.82, 2.24) is 5.43 Å². The number of rotatable bonds is 3. The number of amides is 1. The van der Waals surface area contributed by atoms with Crippen LogP contribution in [0.3, 0.4) is 0 Å². The van der Waals surface area contributed by atoms with Gasteiger partial charge < -0.3 is 5.11 Å². The fraction of sp³-hybridized carbons (Fsp3) is 0. The van der Waals surface area contributed by atoms with Crippen LogP contribution >= 0.6 is 46.4 Å². The summed E-state index contributed by atoms with van der Waals surface area (Å²) in [6.45, 7) is 0. The summed E-state index contributed by atoms with van der Waals surface area (Å²) in [5.74, 6) is -0.709. The molecule has 8 heteroatoms. The Balaban J connectivity index is 2.14. The van der Waals surface area contributed by atoms with Gasteiger partial charge in [-0.15, -0.1) is 0 Å². The lowest BCUT2D eigenvalue weighted by atomic mass is 10.2. The third-order valence-corrected chi connectivity index (χ3v) is 3.66. The van der Waals surface area contributed by atoms with Gasteiger partial charge in [0.2, 0.25) is 0 Å². The first-order chi connectivity index (χ1) is 10.4. The van der Waals surface area contributed by atoms with Gasteiger partial charge in [0.25, 0.3) is 5.91 Å². The van der Waals surface area contributed by atoms with Crippen LogP contribution in [0.1, 0.15) is 15.9 Å². The first kappa shape index (κ1) is 16.9. The fourth-order valence-corrected chi connectivity index (χ4v) is 2.58. The van der Waals surface area contributed by atoms with Crippen molar-refractivity contribution < 1.29 is 9.90 Å². The molecule has 0 radical (unpaired) electrons. The Kier molecular flexibility index (Phi) is 5.53. The van der Waals surface area contributed by atoms with Gasteiger partial charge in [0, 0.05) is 15.6 Å². The van der Waals surface area contributed by atoms with E-state index in [1.807, 2.05) is 0 Å². The zero-order valence-electron chi connectivity index (χ0n) is 10.8. The average molecular weight is 378 g/mol. The number of halogens is 4. The molecule has 0 saturated heterocycles. The smallest absolute Gasteiger partial charge is 0.272 e. The number of phenolic OH excluding ortho intramolecular Hbond substituents is 1. The molecule has 2 rings (SSSR count). The number of aromatic hydroxyl groups is 1. The highest BCUT2D eigenvalue weighted by Gasteiger charge is 2.10. The molecule has 0 fully saturated rings. The molecule has 2 aromatic carbocycles. The van der Waals surface area contributed by atoms with E-state index in [-0.39, 0.29) is 26.9 Å². The first-order valence-electron chi connectivity index (χ1n) is 5.85. The summed E-state index contributed by atoms with van der Waals surface area (Å²) < 4.78 is 0. The van der Waals surface area contributed by atoms with Crippen molar-refractivity contribution in [3.8, 4) is 5.75 Å². The second-order valence-electron chi connectivity index (χ2n) is 4.15. The van der Waals surface area contributed by atoms with Gasteiger partial charge in [-0.3, -0.25) is 4.79 Å². The van der Waals surface area contributed by atoms with Gasteiger partial charge in [-0.1, -0.05) is 46.4 Å². The van der Waals surface area contributed by atoms with E-state index in [9.17, 15) is 9.90 Å². The highest BCUT2D eigenvalue weighted by Crippen LogP contribution is 2.30. The predicted octanol–water partition coefficient (Wildman–Crippen LogP) is 4.77. The molecule has 2 aromatic rings. The average Bonchev–Trinajstić information content (AvgIpc) is 2.43. The number of hydrogen-bond donors (Lipinski definition) is 2. The van der Waals surface area contributed by atoms with Crippen molar-refractivity contribution in [1.29, 1.82) is 0 Å². The summed E-state index contributed by atoms with van der Waals surface area (Å²) in [5, 5.41) is 14.5. The number of hydrogen-bond acceptors (Lipinski definition) is 3. The second kappa shape index (κ2) is 7.20. The molecule has 114 valence electrons. The van der Waals surface area contributed by atoms with Gasteiger partial charge in [0.1, 0.15) is 5.75 Å². The number of benzene rings is 2. The molecule has 0 aromatic heterocycles. The first-order valence-corrected chi connectivity index (χ1v) is 7.36. The lowest BCUT2D eigenvalue weighted by Crippen LogP contribution is -2.18. The molecule has 0 spiro atoms. The highest BCUT2D eigenvalue weighted by molar-refractivity contribution is 6.37. The van der Waals surface area contributed by atoms with E-state index in [4.69, 9.17) is 46.4 Å². The fourth-order valence-electron chi connectivity index (χ4n) is 1.58. The van der Waals surface area contributed by atoms with Crippen molar-refractivity contribution in [3.63, 3.8) is 0 Å². The quantitative estimate of drug-likeness (QED) is 0.597. The van der Waals surface area contributed by atoms with Crippen LogP contribution in [0.4, 0.5) is 0 Å². The van der Waals surface area contributed by atoms with Gasteiger partial charge in [-0.05, 0) is 30.3 Å². The van der Waals surface area contributed by atoms with E-state index in [1.54, 1.807) is 0 Å². The van der Waals surface area contributed by atoms with E-state index in [0.717, 1.165) is 0 Å². The third kappa shape index (κ3) is 4.05. The molecule has 1 amide bonds. The van der Waals surface area contributed by atoms with Crippen LogP contribution in [0.25, 0.3) is 0 Å².